The number of likely N-dealkylation sites (tertiary alicyclic amines) is 1. The van der Waals surface area contributed by atoms with Gasteiger partial charge in [-0.15, -0.1) is 0 Å². The van der Waals surface area contributed by atoms with Gasteiger partial charge in [0.2, 0.25) is 5.71 Å². The molecule has 1 saturated carbocycles. The first kappa shape index (κ1) is 18.1. The summed E-state index contributed by atoms with van der Waals surface area (Å²) in [6.45, 7) is 5.42. The lowest BCUT2D eigenvalue weighted by molar-refractivity contribution is 0.0713. The van der Waals surface area contributed by atoms with Crippen molar-refractivity contribution in [3.8, 4) is 0 Å². The second-order valence-electron chi connectivity index (χ2n) is 8.62. The molecule has 152 valence electrons. The van der Waals surface area contributed by atoms with E-state index in [4.69, 9.17) is 4.42 Å². The molecule has 3 aromatic rings. The van der Waals surface area contributed by atoms with Crippen LogP contribution in [0.3, 0.4) is 0 Å². The number of aryl methyl sites for hydroxylation is 2. The highest BCUT2D eigenvalue weighted by molar-refractivity contribution is 6.09. The molecule has 1 N–H and O–H groups in total. The number of aromatic nitrogens is 4. The first-order valence-corrected chi connectivity index (χ1v) is 10.2. The van der Waals surface area contributed by atoms with Gasteiger partial charge in [-0.25, -0.2) is 4.98 Å². The maximum atomic E-state index is 13.3. The average molecular weight is 394 g/mol. The van der Waals surface area contributed by atoms with E-state index in [1.165, 1.54) is 6.26 Å². The molecule has 0 atom stereocenters. The van der Waals surface area contributed by atoms with Gasteiger partial charge in [-0.2, -0.15) is 10.1 Å². The Labute approximate surface area is 169 Å². The summed E-state index contributed by atoms with van der Waals surface area (Å²) in [6, 6.07) is 2.07. The number of hydrogen-bond donors (Lipinski definition) is 1. The van der Waals surface area contributed by atoms with E-state index in [1.807, 2.05) is 29.7 Å². The van der Waals surface area contributed by atoms with E-state index in [1.54, 1.807) is 0 Å². The number of carbonyl (C=O) groups is 1. The van der Waals surface area contributed by atoms with Crippen molar-refractivity contribution in [1.82, 2.24) is 24.6 Å². The maximum absolute atomic E-state index is 13.3. The lowest BCUT2D eigenvalue weighted by Crippen LogP contribution is -2.38. The number of nitrogens with zero attached hydrogens (tertiary/aromatic N) is 5. The Kier molecular flexibility index (Phi) is 4.11. The summed E-state index contributed by atoms with van der Waals surface area (Å²) in [5.41, 5.74) is 2.17. The van der Waals surface area contributed by atoms with Gasteiger partial charge in [0.25, 0.3) is 5.91 Å². The molecule has 0 unspecified atom stereocenters. The van der Waals surface area contributed by atoms with E-state index in [2.05, 4.69) is 33.4 Å². The predicted molar refractivity (Wildman–Crippen MR) is 109 cm³/mol. The molecule has 29 heavy (non-hydrogen) atoms. The summed E-state index contributed by atoms with van der Waals surface area (Å²) in [6.07, 6.45) is 7.53. The molecule has 0 spiro atoms. The molecule has 0 radical (unpaired) electrons. The largest absolute Gasteiger partial charge is 0.445 e. The minimum atomic E-state index is -0.0142. The van der Waals surface area contributed by atoms with Crippen molar-refractivity contribution in [1.29, 1.82) is 0 Å². The number of amides is 1. The number of nitrogens with one attached hydrogen (secondary N) is 1. The van der Waals surface area contributed by atoms with E-state index in [0.717, 1.165) is 31.4 Å². The first-order chi connectivity index (χ1) is 13.9. The van der Waals surface area contributed by atoms with Crippen LogP contribution in [0.4, 0.5) is 5.82 Å². The molecular weight excluding hydrogens is 368 g/mol. The van der Waals surface area contributed by atoms with Crippen LogP contribution in [-0.4, -0.2) is 49.2 Å². The summed E-state index contributed by atoms with van der Waals surface area (Å²) in [5.74, 6) is 1.72. The van der Waals surface area contributed by atoms with E-state index < -0.39 is 0 Å². The molecule has 0 aromatic carbocycles. The van der Waals surface area contributed by atoms with Gasteiger partial charge < -0.3 is 14.6 Å². The molecule has 0 bridgehead atoms. The van der Waals surface area contributed by atoms with Crippen molar-refractivity contribution in [2.75, 3.05) is 18.4 Å². The summed E-state index contributed by atoms with van der Waals surface area (Å²) in [4.78, 5) is 24.2. The Hall–Kier alpha value is -2.90. The van der Waals surface area contributed by atoms with Gasteiger partial charge in [-0.05, 0) is 45.6 Å². The smallest absolute Gasteiger partial charge is 0.257 e. The quantitative estimate of drug-likeness (QED) is 0.731. The fraction of sp³-hybridized carbons (Fsp3) is 0.524. The predicted octanol–water partition coefficient (Wildman–Crippen LogP) is 3.25. The zero-order valence-electron chi connectivity index (χ0n) is 17.1. The third-order valence-corrected chi connectivity index (χ3v) is 6.13. The monoisotopic (exact) mass is 394 g/mol. The Bertz CT molecular complexity index is 1070. The van der Waals surface area contributed by atoms with E-state index in [-0.39, 0.29) is 11.4 Å². The Morgan fingerprint density at radius 3 is 2.69 bits per heavy atom. The van der Waals surface area contributed by atoms with Crippen molar-refractivity contribution in [3.05, 3.63) is 35.6 Å². The summed E-state index contributed by atoms with van der Waals surface area (Å²) < 4.78 is 7.49. The fourth-order valence-corrected chi connectivity index (χ4v) is 4.09. The molecule has 1 aliphatic heterocycles. The van der Waals surface area contributed by atoms with E-state index in [0.29, 0.717) is 47.3 Å². The number of fused-ring (bicyclic) bond motifs is 1. The Morgan fingerprint density at radius 1 is 1.28 bits per heavy atom. The number of hydrogen-bond acceptors (Lipinski definition) is 6. The van der Waals surface area contributed by atoms with E-state index in [9.17, 15) is 4.79 Å². The molecule has 2 fully saturated rings. The van der Waals surface area contributed by atoms with Gasteiger partial charge in [0, 0.05) is 37.8 Å². The normalized spacial score (nSPS) is 18.9. The van der Waals surface area contributed by atoms with Gasteiger partial charge in [-0.1, -0.05) is 0 Å². The average Bonchev–Trinajstić information content (AvgIpc) is 3.08. The lowest BCUT2D eigenvalue weighted by atomic mass is 9.93. The SMILES string of the molecule is Cc1nc(NC2(C)CC2)c2c(C(=O)N3CCC(c4ccn(C)n4)CC3)coc2n1. The van der Waals surface area contributed by atoms with Gasteiger partial charge in [0.05, 0.1) is 16.6 Å². The first-order valence-electron chi connectivity index (χ1n) is 10.2. The van der Waals surface area contributed by atoms with Gasteiger partial charge in [0.1, 0.15) is 17.9 Å². The second-order valence-corrected chi connectivity index (χ2v) is 8.62. The van der Waals surface area contributed by atoms with Crippen LogP contribution >= 0.6 is 0 Å². The number of piperidine rings is 1. The summed E-state index contributed by atoms with van der Waals surface area (Å²) >= 11 is 0. The van der Waals surface area contributed by atoms with Crippen LogP contribution in [0.25, 0.3) is 11.1 Å². The van der Waals surface area contributed by atoms with E-state index >= 15 is 0 Å². The number of carbonyl (C=O) groups excluding carboxylic acids is 1. The Balaban J connectivity index is 1.39. The van der Waals surface area contributed by atoms with Gasteiger partial charge >= 0.3 is 0 Å². The van der Waals surface area contributed by atoms with Gasteiger partial charge in [-0.3, -0.25) is 9.48 Å². The van der Waals surface area contributed by atoms with Crippen molar-refractivity contribution < 1.29 is 9.21 Å². The topological polar surface area (TPSA) is 89.1 Å². The van der Waals surface area contributed by atoms with Crippen LogP contribution in [0.15, 0.2) is 22.9 Å². The highest BCUT2D eigenvalue weighted by atomic mass is 16.3. The number of furan rings is 1. The Morgan fingerprint density at radius 2 is 2.03 bits per heavy atom. The minimum absolute atomic E-state index is 0.0142. The third kappa shape index (κ3) is 3.36. The number of anilines is 1. The lowest BCUT2D eigenvalue weighted by Gasteiger charge is -2.31. The molecule has 1 aliphatic carbocycles. The maximum Gasteiger partial charge on any atom is 0.257 e. The molecule has 5 rings (SSSR count). The van der Waals surface area contributed by atoms with Crippen molar-refractivity contribution in [2.24, 2.45) is 7.05 Å². The van der Waals surface area contributed by atoms with Crippen LogP contribution in [0, 0.1) is 6.92 Å². The van der Waals surface area contributed by atoms with Crippen LogP contribution < -0.4 is 5.32 Å². The zero-order chi connectivity index (χ0) is 20.2. The molecule has 1 amide bonds. The molecular formula is C21H26N6O2. The van der Waals surface area contributed by atoms with Crippen LogP contribution in [0.2, 0.25) is 0 Å². The van der Waals surface area contributed by atoms with Crippen molar-refractivity contribution in [2.45, 2.75) is 51.0 Å². The molecule has 4 heterocycles. The number of rotatable bonds is 4. The highest BCUT2D eigenvalue weighted by Gasteiger charge is 2.39. The van der Waals surface area contributed by atoms with Crippen LogP contribution in [0.5, 0.6) is 0 Å². The summed E-state index contributed by atoms with van der Waals surface area (Å²) in [5, 5.41) is 8.72. The second kappa shape index (κ2) is 6.57. The summed E-state index contributed by atoms with van der Waals surface area (Å²) in [7, 11) is 1.93. The zero-order valence-corrected chi connectivity index (χ0v) is 17.1. The van der Waals surface area contributed by atoms with Gasteiger partial charge in [0.15, 0.2) is 0 Å². The molecule has 3 aromatic heterocycles. The van der Waals surface area contributed by atoms with Crippen molar-refractivity contribution in [3.63, 3.8) is 0 Å². The minimum Gasteiger partial charge on any atom is -0.445 e. The molecule has 1 saturated heterocycles. The standard InChI is InChI=1S/C21H26N6O2/c1-13-22-18(24-21(2)7-8-21)17-15(12-29-19(17)23-13)20(28)27-10-4-14(5-11-27)16-6-9-26(3)25-16/h6,9,12,14H,4-5,7-8,10-11H2,1-3H3,(H,22,23,24). The molecule has 2 aliphatic rings. The van der Waals surface area contributed by atoms with Crippen LogP contribution in [-0.2, 0) is 7.05 Å². The molecule has 8 heteroatoms. The fourth-order valence-electron chi connectivity index (χ4n) is 4.09. The van der Waals surface area contributed by atoms with Crippen molar-refractivity contribution >= 4 is 22.8 Å². The van der Waals surface area contributed by atoms with Crippen LogP contribution in [0.1, 0.15) is 60.4 Å². The third-order valence-electron chi connectivity index (χ3n) is 6.13. The highest BCUT2D eigenvalue weighted by Crippen LogP contribution is 2.40. The molecule has 8 nitrogen and oxygen atoms in total.